The molecule has 3 aromatic rings. The lowest BCUT2D eigenvalue weighted by atomic mass is 10.0. The van der Waals surface area contributed by atoms with Crippen LogP contribution in [0.3, 0.4) is 0 Å². The van der Waals surface area contributed by atoms with Gasteiger partial charge in [-0.05, 0) is 25.2 Å². The molecular formula is C22H24N4O2. The zero-order valence-electron chi connectivity index (χ0n) is 16.3. The molecule has 1 amide bonds. The number of nitrogens with two attached hydrogens (primary N) is 1. The highest BCUT2D eigenvalue weighted by molar-refractivity contribution is 6.03. The first-order chi connectivity index (χ1) is 13.5. The quantitative estimate of drug-likeness (QED) is 0.690. The van der Waals surface area contributed by atoms with Gasteiger partial charge in [-0.25, -0.2) is 0 Å². The Labute approximate surface area is 164 Å². The van der Waals surface area contributed by atoms with Gasteiger partial charge in [-0.1, -0.05) is 59.8 Å². The zero-order chi connectivity index (χ0) is 20.1. The van der Waals surface area contributed by atoms with E-state index in [9.17, 15) is 4.79 Å². The number of hydrogen-bond donors (Lipinski definition) is 2. The molecule has 0 aliphatic carbocycles. The molecule has 6 heteroatoms. The second-order valence-corrected chi connectivity index (χ2v) is 6.75. The number of aromatic nitrogens is 1. The number of nitrogens with zero attached hydrogens (tertiary/aromatic N) is 2. The molecule has 0 atom stereocenters. The smallest absolute Gasteiger partial charge is 0.257 e. The summed E-state index contributed by atoms with van der Waals surface area (Å²) in [6.45, 7) is 0.854. The summed E-state index contributed by atoms with van der Waals surface area (Å²) in [6.07, 6.45) is 1.64. The molecule has 0 saturated heterocycles. The van der Waals surface area contributed by atoms with Gasteiger partial charge in [0.1, 0.15) is 11.3 Å². The van der Waals surface area contributed by atoms with Gasteiger partial charge in [0.05, 0.1) is 0 Å². The highest BCUT2D eigenvalue weighted by Crippen LogP contribution is 2.27. The Bertz CT molecular complexity index is 974. The lowest BCUT2D eigenvalue weighted by molar-refractivity contribution is 0.0963. The fourth-order valence-corrected chi connectivity index (χ4v) is 2.93. The third-order valence-corrected chi connectivity index (χ3v) is 4.29. The normalized spacial score (nSPS) is 11.6. The fourth-order valence-electron chi connectivity index (χ4n) is 2.93. The molecule has 28 heavy (non-hydrogen) atoms. The molecule has 3 rings (SSSR count). The van der Waals surface area contributed by atoms with Gasteiger partial charge in [0.25, 0.3) is 5.91 Å². The van der Waals surface area contributed by atoms with Crippen LogP contribution >= 0.6 is 0 Å². The summed E-state index contributed by atoms with van der Waals surface area (Å²) < 4.78 is 5.47. The van der Waals surface area contributed by atoms with Crippen molar-refractivity contribution in [3.05, 3.63) is 77.0 Å². The van der Waals surface area contributed by atoms with Crippen molar-refractivity contribution in [2.45, 2.75) is 6.54 Å². The number of carbonyl (C=O) groups is 1. The highest BCUT2D eigenvalue weighted by atomic mass is 16.5. The molecule has 0 unspecified atom stereocenters. The van der Waals surface area contributed by atoms with Gasteiger partial charge in [0.15, 0.2) is 5.76 Å². The first-order valence-corrected chi connectivity index (χ1v) is 8.98. The molecule has 6 nitrogen and oxygen atoms in total. The molecule has 0 spiro atoms. The minimum Gasteiger partial charge on any atom is -0.398 e. The summed E-state index contributed by atoms with van der Waals surface area (Å²) in [5.74, 6) is 0.0496. The maximum Gasteiger partial charge on any atom is 0.257 e. The summed E-state index contributed by atoms with van der Waals surface area (Å²) in [7, 11) is 5.62. The Morgan fingerprint density at radius 1 is 1.14 bits per heavy atom. The van der Waals surface area contributed by atoms with Gasteiger partial charge in [-0.3, -0.25) is 4.79 Å². The minimum atomic E-state index is -0.277. The van der Waals surface area contributed by atoms with Gasteiger partial charge in [-0.2, -0.15) is 0 Å². The monoisotopic (exact) mass is 376 g/mol. The predicted octanol–water partition coefficient (Wildman–Crippen LogP) is 3.22. The van der Waals surface area contributed by atoms with Crippen LogP contribution in [0.1, 0.15) is 27.2 Å². The Balaban J connectivity index is 1.97. The van der Waals surface area contributed by atoms with E-state index in [1.165, 1.54) is 5.56 Å². The predicted molar refractivity (Wildman–Crippen MR) is 111 cm³/mol. The number of nitrogens with one attached hydrogen (secondary N) is 1. The summed E-state index contributed by atoms with van der Waals surface area (Å²) >= 11 is 0. The molecule has 3 N–H and O–H groups in total. The lowest BCUT2D eigenvalue weighted by Gasteiger charge is -2.10. The maximum absolute atomic E-state index is 12.5. The molecule has 0 fully saturated rings. The Hall–Kier alpha value is -3.38. The average Bonchev–Trinajstić information content (AvgIpc) is 3.11. The molecule has 0 saturated carbocycles. The van der Waals surface area contributed by atoms with Crippen molar-refractivity contribution in [1.29, 1.82) is 0 Å². The van der Waals surface area contributed by atoms with Crippen molar-refractivity contribution in [3.63, 3.8) is 0 Å². The minimum absolute atomic E-state index is 0.277. The van der Waals surface area contributed by atoms with Crippen LogP contribution in [0.25, 0.3) is 23.0 Å². The number of benzene rings is 2. The van der Waals surface area contributed by atoms with E-state index in [2.05, 4.69) is 15.4 Å². The first-order valence-electron chi connectivity index (χ1n) is 8.98. The van der Waals surface area contributed by atoms with E-state index >= 15 is 0 Å². The molecule has 1 aromatic heterocycles. The Kier molecular flexibility index (Phi) is 5.91. The lowest BCUT2D eigenvalue weighted by Crippen LogP contribution is -2.19. The van der Waals surface area contributed by atoms with Crippen LogP contribution in [0, 0.1) is 0 Å². The van der Waals surface area contributed by atoms with Gasteiger partial charge in [0.2, 0.25) is 0 Å². The summed E-state index contributed by atoms with van der Waals surface area (Å²) in [5.41, 5.74) is 10.5. The molecule has 0 bridgehead atoms. The second kappa shape index (κ2) is 8.54. The van der Waals surface area contributed by atoms with Gasteiger partial charge >= 0.3 is 0 Å². The number of amides is 1. The standard InChI is InChI=1S/C22H24N4O2/c1-24-22(27)20-19(28-25-21(20)17-7-5-4-6-8-17)13-18(23)16-11-9-15(10-12-16)14-26(2)3/h4-13H,14,23H2,1-3H3,(H,24,27)/b18-13-. The van der Waals surface area contributed by atoms with E-state index in [0.29, 0.717) is 22.7 Å². The third kappa shape index (κ3) is 4.29. The van der Waals surface area contributed by atoms with Crippen molar-refractivity contribution >= 4 is 17.7 Å². The topological polar surface area (TPSA) is 84.4 Å². The largest absolute Gasteiger partial charge is 0.398 e. The van der Waals surface area contributed by atoms with E-state index in [-0.39, 0.29) is 5.91 Å². The number of carbonyl (C=O) groups excluding carboxylic acids is 1. The van der Waals surface area contributed by atoms with Crippen LogP contribution in [0.4, 0.5) is 0 Å². The van der Waals surface area contributed by atoms with Crippen LogP contribution in [-0.4, -0.2) is 37.1 Å². The molecule has 1 heterocycles. The van der Waals surface area contributed by atoms with E-state index in [0.717, 1.165) is 17.7 Å². The first kappa shape index (κ1) is 19.4. The van der Waals surface area contributed by atoms with Crippen molar-refractivity contribution in [3.8, 4) is 11.3 Å². The fraction of sp³-hybridized carbons (Fsp3) is 0.182. The van der Waals surface area contributed by atoms with E-state index < -0.39 is 0 Å². The molecular weight excluding hydrogens is 352 g/mol. The summed E-state index contributed by atoms with van der Waals surface area (Å²) in [5, 5.41) is 6.75. The average molecular weight is 376 g/mol. The summed E-state index contributed by atoms with van der Waals surface area (Å²) in [4.78, 5) is 14.6. The van der Waals surface area contributed by atoms with Gasteiger partial charge in [0, 0.05) is 30.9 Å². The maximum atomic E-state index is 12.5. The third-order valence-electron chi connectivity index (χ3n) is 4.29. The number of rotatable bonds is 6. The van der Waals surface area contributed by atoms with Crippen LogP contribution in [0.5, 0.6) is 0 Å². The van der Waals surface area contributed by atoms with Gasteiger partial charge < -0.3 is 20.5 Å². The van der Waals surface area contributed by atoms with Crippen molar-refractivity contribution < 1.29 is 9.32 Å². The van der Waals surface area contributed by atoms with Crippen molar-refractivity contribution in [2.24, 2.45) is 5.73 Å². The van der Waals surface area contributed by atoms with E-state index in [4.69, 9.17) is 10.3 Å². The molecule has 2 aromatic carbocycles. The van der Waals surface area contributed by atoms with E-state index in [1.807, 2.05) is 68.7 Å². The van der Waals surface area contributed by atoms with E-state index in [1.54, 1.807) is 13.1 Å². The summed E-state index contributed by atoms with van der Waals surface area (Å²) in [6, 6.07) is 17.4. The highest BCUT2D eigenvalue weighted by Gasteiger charge is 2.22. The van der Waals surface area contributed by atoms with Crippen LogP contribution in [0.15, 0.2) is 59.1 Å². The zero-order valence-corrected chi connectivity index (χ0v) is 16.3. The van der Waals surface area contributed by atoms with Crippen LogP contribution < -0.4 is 11.1 Å². The Morgan fingerprint density at radius 3 is 2.43 bits per heavy atom. The van der Waals surface area contributed by atoms with Crippen LogP contribution in [0.2, 0.25) is 0 Å². The Morgan fingerprint density at radius 2 is 1.82 bits per heavy atom. The molecule has 144 valence electrons. The molecule has 0 aliphatic rings. The molecule has 0 aliphatic heterocycles. The second-order valence-electron chi connectivity index (χ2n) is 6.75. The molecule has 0 radical (unpaired) electrons. The number of hydrogen-bond acceptors (Lipinski definition) is 5. The van der Waals surface area contributed by atoms with Crippen LogP contribution in [-0.2, 0) is 6.54 Å². The van der Waals surface area contributed by atoms with Crippen molar-refractivity contribution in [1.82, 2.24) is 15.4 Å². The van der Waals surface area contributed by atoms with Gasteiger partial charge in [-0.15, -0.1) is 0 Å². The SMILES string of the molecule is CNC(=O)c1c(-c2ccccc2)noc1/C=C(\N)c1ccc(CN(C)C)cc1. The van der Waals surface area contributed by atoms with Crippen molar-refractivity contribution in [2.75, 3.05) is 21.1 Å².